The third-order valence-corrected chi connectivity index (χ3v) is 5.81. The molecule has 0 aliphatic heterocycles. The number of carbonyl (C=O) groups is 1. The highest BCUT2D eigenvalue weighted by molar-refractivity contribution is 5.84. The van der Waals surface area contributed by atoms with Crippen LogP contribution < -0.4 is 20.5 Å². The van der Waals surface area contributed by atoms with Gasteiger partial charge < -0.3 is 30.4 Å². The number of methoxy groups -OCH3 is 2. The summed E-state index contributed by atoms with van der Waals surface area (Å²) in [7, 11) is 3.24. The fourth-order valence-electron chi connectivity index (χ4n) is 3.54. The number of amides is 1. The number of nitrogens with zero attached hydrogens (tertiary/aromatic N) is 1. The quantitative estimate of drug-likeness (QED) is 0.166. The largest absolute Gasteiger partial charge is 0.493 e. The highest BCUT2D eigenvalue weighted by atomic mass is 17.0. The molecule has 11 nitrogen and oxygen atoms in total. The SMILES string of the molecule is COCCCOc1cc(C[C@@H](C[C@H](N)[C@@H](O)CNC(=O)C(C)(C)O[N+](=O)[O-])C(C)C)ccc1OC. The first-order chi connectivity index (χ1) is 16.4. The van der Waals surface area contributed by atoms with Crippen LogP contribution in [0.2, 0.25) is 0 Å². The van der Waals surface area contributed by atoms with E-state index in [0.29, 0.717) is 37.6 Å². The lowest BCUT2D eigenvalue weighted by molar-refractivity contribution is -0.774. The molecule has 1 aromatic rings. The molecule has 0 aromatic heterocycles. The molecule has 0 radical (unpaired) electrons. The number of nitrogens with two attached hydrogens (primary N) is 1. The molecule has 1 amide bonds. The second-order valence-electron chi connectivity index (χ2n) is 9.39. The van der Waals surface area contributed by atoms with E-state index in [1.807, 2.05) is 18.2 Å². The van der Waals surface area contributed by atoms with Gasteiger partial charge in [0.1, 0.15) is 0 Å². The molecule has 0 heterocycles. The van der Waals surface area contributed by atoms with E-state index in [9.17, 15) is 20.0 Å². The average molecular weight is 500 g/mol. The van der Waals surface area contributed by atoms with Gasteiger partial charge in [-0.25, -0.2) is 0 Å². The van der Waals surface area contributed by atoms with Gasteiger partial charge in [-0.05, 0) is 56.2 Å². The lowest BCUT2D eigenvalue weighted by Gasteiger charge is -2.28. The summed E-state index contributed by atoms with van der Waals surface area (Å²) in [5, 5.41) is 22.5. The summed E-state index contributed by atoms with van der Waals surface area (Å²) in [6, 6.07) is 5.21. The van der Waals surface area contributed by atoms with E-state index in [-0.39, 0.29) is 18.4 Å². The number of nitrogens with one attached hydrogen (secondary N) is 1. The zero-order valence-corrected chi connectivity index (χ0v) is 21.6. The molecular weight excluding hydrogens is 458 g/mol. The van der Waals surface area contributed by atoms with Gasteiger partial charge in [0, 0.05) is 32.7 Å². The molecule has 11 heteroatoms. The van der Waals surface area contributed by atoms with Gasteiger partial charge in [0.15, 0.2) is 17.1 Å². The van der Waals surface area contributed by atoms with Crippen molar-refractivity contribution in [2.45, 2.75) is 64.7 Å². The Morgan fingerprint density at radius 3 is 2.49 bits per heavy atom. The Labute approximate surface area is 207 Å². The molecule has 0 saturated carbocycles. The third kappa shape index (κ3) is 10.7. The molecule has 3 atom stereocenters. The van der Waals surface area contributed by atoms with Crippen LogP contribution in [0, 0.1) is 22.0 Å². The van der Waals surface area contributed by atoms with Gasteiger partial charge >= 0.3 is 0 Å². The minimum Gasteiger partial charge on any atom is -0.493 e. The van der Waals surface area contributed by atoms with Crippen molar-refractivity contribution >= 4 is 5.91 Å². The summed E-state index contributed by atoms with van der Waals surface area (Å²) in [6.07, 6.45) is 0.964. The second kappa shape index (κ2) is 14.7. The van der Waals surface area contributed by atoms with Crippen LogP contribution >= 0.6 is 0 Å². The summed E-state index contributed by atoms with van der Waals surface area (Å²) in [5.74, 6) is 1.04. The van der Waals surface area contributed by atoms with Gasteiger partial charge in [-0.3, -0.25) is 9.63 Å². The van der Waals surface area contributed by atoms with Crippen molar-refractivity contribution in [3.63, 3.8) is 0 Å². The van der Waals surface area contributed by atoms with Crippen molar-refractivity contribution in [2.75, 3.05) is 34.0 Å². The summed E-state index contributed by atoms with van der Waals surface area (Å²) < 4.78 is 16.3. The second-order valence-corrected chi connectivity index (χ2v) is 9.39. The van der Waals surface area contributed by atoms with Crippen molar-refractivity contribution in [2.24, 2.45) is 17.6 Å². The predicted octanol–water partition coefficient (Wildman–Crippen LogP) is 2.11. The first-order valence-electron chi connectivity index (χ1n) is 11.7. The first-order valence-corrected chi connectivity index (χ1v) is 11.7. The van der Waals surface area contributed by atoms with E-state index in [2.05, 4.69) is 24.0 Å². The minimum atomic E-state index is -1.68. The summed E-state index contributed by atoms with van der Waals surface area (Å²) in [5.41, 5.74) is 5.64. The molecule has 0 bridgehead atoms. The standard InChI is InChI=1S/C24H41N3O8/c1-16(2)18(12-17-8-9-21(33-6)22(13-17)34-11-7-10-32-5)14-19(25)20(28)15-26-23(29)24(3,4)35-27(30)31/h8-9,13,16,18-20,28H,7,10-12,14-15,25H2,1-6H3,(H,26,29)/t18-,19-,20-/m0/s1. The summed E-state index contributed by atoms with van der Waals surface area (Å²) >= 11 is 0. The van der Waals surface area contributed by atoms with E-state index in [1.54, 1.807) is 14.2 Å². The van der Waals surface area contributed by atoms with Crippen molar-refractivity contribution in [3.8, 4) is 11.5 Å². The number of hydrogen-bond acceptors (Lipinski definition) is 9. The third-order valence-electron chi connectivity index (χ3n) is 5.81. The fourth-order valence-corrected chi connectivity index (χ4v) is 3.54. The van der Waals surface area contributed by atoms with Crippen LogP contribution in [0.15, 0.2) is 18.2 Å². The summed E-state index contributed by atoms with van der Waals surface area (Å²) in [4.78, 5) is 27.1. The van der Waals surface area contributed by atoms with Gasteiger partial charge in [0.2, 0.25) is 0 Å². The van der Waals surface area contributed by atoms with E-state index >= 15 is 0 Å². The van der Waals surface area contributed by atoms with Gasteiger partial charge in [-0.2, -0.15) is 0 Å². The highest BCUT2D eigenvalue weighted by Gasteiger charge is 2.33. The Hall–Kier alpha value is -2.63. The molecule has 0 spiro atoms. The van der Waals surface area contributed by atoms with Crippen LogP contribution in [-0.4, -0.2) is 67.8 Å². The maximum atomic E-state index is 12.2. The van der Waals surface area contributed by atoms with Crippen LogP contribution in [0.1, 0.15) is 46.1 Å². The van der Waals surface area contributed by atoms with E-state index < -0.39 is 28.7 Å². The normalized spacial score (nSPS) is 14.2. The van der Waals surface area contributed by atoms with Crippen molar-refractivity contribution < 1.29 is 34.0 Å². The Morgan fingerprint density at radius 2 is 1.91 bits per heavy atom. The van der Waals surface area contributed by atoms with Gasteiger partial charge in [0.25, 0.3) is 11.0 Å². The monoisotopic (exact) mass is 499 g/mol. The fraction of sp³-hybridized carbons (Fsp3) is 0.708. The van der Waals surface area contributed by atoms with Crippen LogP contribution in [0.25, 0.3) is 0 Å². The number of carbonyl (C=O) groups excluding carboxylic acids is 1. The maximum absolute atomic E-state index is 12.2. The number of ether oxygens (including phenoxy) is 3. The van der Waals surface area contributed by atoms with Crippen LogP contribution in [0.3, 0.4) is 0 Å². The van der Waals surface area contributed by atoms with E-state index in [0.717, 1.165) is 12.0 Å². The first kappa shape index (κ1) is 30.4. The number of aliphatic hydroxyl groups is 1. The Balaban J connectivity index is 2.76. The van der Waals surface area contributed by atoms with E-state index in [1.165, 1.54) is 13.8 Å². The molecule has 200 valence electrons. The molecule has 1 aromatic carbocycles. The Bertz CT molecular complexity index is 803. The molecule has 0 aliphatic carbocycles. The average Bonchev–Trinajstić information content (AvgIpc) is 2.78. The van der Waals surface area contributed by atoms with Gasteiger partial charge in [-0.1, -0.05) is 19.9 Å². The lowest BCUT2D eigenvalue weighted by Crippen LogP contribution is -2.50. The molecule has 0 fully saturated rings. The number of rotatable bonds is 17. The van der Waals surface area contributed by atoms with Crippen molar-refractivity contribution in [1.29, 1.82) is 0 Å². The zero-order valence-electron chi connectivity index (χ0n) is 21.6. The number of aliphatic hydroxyl groups excluding tert-OH is 1. The van der Waals surface area contributed by atoms with Gasteiger partial charge in [0.05, 0.1) is 19.8 Å². The molecular formula is C24H41N3O8. The topological polar surface area (TPSA) is 155 Å². The molecule has 4 N–H and O–H groups in total. The van der Waals surface area contributed by atoms with E-state index in [4.69, 9.17) is 19.9 Å². The molecule has 0 saturated heterocycles. The number of hydrogen-bond donors (Lipinski definition) is 3. The maximum Gasteiger partial charge on any atom is 0.295 e. The Kier molecular flexibility index (Phi) is 12.8. The zero-order chi connectivity index (χ0) is 26.6. The van der Waals surface area contributed by atoms with Crippen LogP contribution in [0.5, 0.6) is 11.5 Å². The van der Waals surface area contributed by atoms with Crippen molar-refractivity contribution in [3.05, 3.63) is 33.9 Å². The Morgan fingerprint density at radius 1 is 1.23 bits per heavy atom. The molecule has 35 heavy (non-hydrogen) atoms. The number of benzene rings is 1. The molecule has 0 unspecified atom stereocenters. The van der Waals surface area contributed by atoms with Crippen LogP contribution in [0.4, 0.5) is 0 Å². The molecule has 0 aliphatic rings. The minimum absolute atomic E-state index is 0.142. The smallest absolute Gasteiger partial charge is 0.295 e. The lowest BCUT2D eigenvalue weighted by atomic mass is 9.83. The molecule has 1 rings (SSSR count). The summed E-state index contributed by atoms with van der Waals surface area (Å²) in [6.45, 7) is 7.71. The van der Waals surface area contributed by atoms with Crippen LogP contribution in [-0.2, 0) is 20.8 Å². The highest BCUT2D eigenvalue weighted by Crippen LogP contribution is 2.31. The predicted molar refractivity (Wildman–Crippen MR) is 131 cm³/mol. The van der Waals surface area contributed by atoms with Gasteiger partial charge in [-0.15, -0.1) is 10.1 Å². The van der Waals surface area contributed by atoms with Crippen molar-refractivity contribution in [1.82, 2.24) is 5.32 Å².